The molecular weight excluding hydrogens is 326 g/mol. The lowest BCUT2D eigenvalue weighted by Gasteiger charge is -2.07. The highest BCUT2D eigenvalue weighted by Crippen LogP contribution is 2.23. The van der Waals surface area contributed by atoms with Crippen LogP contribution >= 0.6 is 11.6 Å². The van der Waals surface area contributed by atoms with E-state index in [-0.39, 0.29) is 18.3 Å². The molecule has 0 bridgehead atoms. The van der Waals surface area contributed by atoms with Crippen LogP contribution in [-0.2, 0) is 6.61 Å². The largest absolute Gasteiger partial charge is 0.485 e. The monoisotopic (exact) mass is 341 g/mol. The van der Waals surface area contributed by atoms with Crippen molar-refractivity contribution in [3.05, 3.63) is 82.8 Å². The number of hydrogen-bond acceptors (Lipinski definition) is 3. The van der Waals surface area contributed by atoms with Crippen LogP contribution in [0, 0.1) is 6.92 Å². The molecule has 0 aliphatic rings. The third kappa shape index (κ3) is 3.97. The minimum absolute atomic E-state index is 0.237. The van der Waals surface area contributed by atoms with Gasteiger partial charge in [0.05, 0.1) is 0 Å². The Bertz CT molecular complexity index is 843. The van der Waals surface area contributed by atoms with E-state index >= 15 is 0 Å². The first kappa shape index (κ1) is 16.1. The zero-order chi connectivity index (χ0) is 16.9. The maximum atomic E-state index is 12.1. The molecule has 2 aromatic carbocycles. The molecule has 122 valence electrons. The van der Waals surface area contributed by atoms with Crippen LogP contribution in [0.2, 0.25) is 5.02 Å². The van der Waals surface area contributed by atoms with Gasteiger partial charge in [0, 0.05) is 10.7 Å². The molecule has 0 spiro atoms. The fourth-order valence-electron chi connectivity index (χ4n) is 2.22. The lowest BCUT2D eigenvalue weighted by molar-refractivity contribution is 0.0992. The lowest BCUT2D eigenvalue weighted by atomic mass is 10.2. The zero-order valence-electron chi connectivity index (χ0n) is 13.1. The average molecular weight is 342 g/mol. The fraction of sp³-hybridized carbons (Fsp3) is 0.105. The van der Waals surface area contributed by atoms with Crippen molar-refractivity contribution >= 4 is 23.2 Å². The number of halogens is 1. The molecule has 5 heteroatoms. The Kier molecular flexibility index (Phi) is 4.87. The van der Waals surface area contributed by atoms with E-state index in [1.807, 2.05) is 49.4 Å². The molecule has 1 N–H and O–H groups in total. The van der Waals surface area contributed by atoms with Crippen LogP contribution in [0.3, 0.4) is 0 Å². The molecule has 3 aromatic rings. The van der Waals surface area contributed by atoms with Crippen LogP contribution in [-0.4, -0.2) is 5.91 Å². The molecule has 0 unspecified atom stereocenters. The summed E-state index contributed by atoms with van der Waals surface area (Å²) >= 11 is 5.92. The van der Waals surface area contributed by atoms with Gasteiger partial charge in [0.15, 0.2) is 5.76 Å². The van der Waals surface area contributed by atoms with Gasteiger partial charge in [-0.1, -0.05) is 29.8 Å². The summed E-state index contributed by atoms with van der Waals surface area (Å²) in [4.78, 5) is 12.1. The number of amides is 1. The minimum atomic E-state index is -0.296. The van der Waals surface area contributed by atoms with Crippen LogP contribution in [0.4, 0.5) is 5.69 Å². The number of hydrogen-bond donors (Lipinski definition) is 1. The van der Waals surface area contributed by atoms with E-state index in [1.54, 1.807) is 18.2 Å². The van der Waals surface area contributed by atoms with Gasteiger partial charge >= 0.3 is 0 Å². The van der Waals surface area contributed by atoms with Gasteiger partial charge in [0.25, 0.3) is 5.91 Å². The van der Waals surface area contributed by atoms with E-state index in [0.29, 0.717) is 16.5 Å². The molecule has 1 aromatic heterocycles. The first-order valence-corrected chi connectivity index (χ1v) is 7.84. The third-order valence-corrected chi connectivity index (χ3v) is 3.66. The second-order valence-corrected chi connectivity index (χ2v) is 5.72. The van der Waals surface area contributed by atoms with Gasteiger partial charge in [-0.25, -0.2) is 0 Å². The summed E-state index contributed by atoms with van der Waals surface area (Å²) in [7, 11) is 0. The molecule has 0 saturated heterocycles. The van der Waals surface area contributed by atoms with E-state index < -0.39 is 0 Å². The summed E-state index contributed by atoms with van der Waals surface area (Å²) < 4.78 is 11.2. The van der Waals surface area contributed by atoms with Crippen LogP contribution in [0.25, 0.3) is 0 Å². The number of nitrogens with one attached hydrogen (secondary N) is 1. The Morgan fingerprint density at radius 1 is 1.12 bits per heavy atom. The molecule has 0 aliphatic heterocycles. The van der Waals surface area contributed by atoms with Crippen molar-refractivity contribution in [1.82, 2.24) is 0 Å². The highest BCUT2D eigenvalue weighted by molar-refractivity contribution is 6.30. The Morgan fingerprint density at radius 3 is 2.67 bits per heavy atom. The van der Waals surface area contributed by atoms with Gasteiger partial charge in [-0.2, -0.15) is 0 Å². The molecule has 0 aliphatic carbocycles. The maximum absolute atomic E-state index is 12.1. The number of ether oxygens (including phenoxy) is 1. The summed E-state index contributed by atoms with van der Waals surface area (Å²) in [6.45, 7) is 2.16. The average Bonchev–Trinajstić information content (AvgIpc) is 3.04. The van der Waals surface area contributed by atoms with Crippen molar-refractivity contribution in [2.24, 2.45) is 0 Å². The fourth-order valence-corrected chi connectivity index (χ4v) is 2.44. The Hall–Kier alpha value is -2.72. The number of benzene rings is 2. The van der Waals surface area contributed by atoms with Crippen LogP contribution < -0.4 is 10.1 Å². The predicted octanol–water partition coefficient (Wildman–Crippen LogP) is 5.07. The number of aryl methyl sites for hydroxylation is 1. The Morgan fingerprint density at radius 2 is 1.92 bits per heavy atom. The molecule has 0 atom stereocenters. The molecule has 1 heterocycles. The quantitative estimate of drug-likeness (QED) is 0.704. The van der Waals surface area contributed by atoms with E-state index in [2.05, 4.69) is 5.32 Å². The van der Waals surface area contributed by atoms with Gasteiger partial charge in [-0.05, 0) is 55.0 Å². The normalized spacial score (nSPS) is 10.4. The van der Waals surface area contributed by atoms with Gasteiger partial charge < -0.3 is 14.5 Å². The van der Waals surface area contributed by atoms with Crippen molar-refractivity contribution in [3.8, 4) is 5.75 Å². The van der Waals surface area contributed by atoms with Crippen LogP contribution in [0.1, 0.15) is 21.9 Å². The van der Waals surface area contributed by atoms with Gasteiger partial charge in [-0.15, -0.1) is 0 Å². The third-order valence-electron chi connectivity index (χ3n) is 3.42. The number of rotatable bonds is 5. The maximum Gasteiger partial charge on any atom is 0.291 e. The van der Waals surface area contributed by atoms with Crippen LogP contribution in [0.15, 0.2) is 65.1 Å². The van der Waals surface area contributed by atoms with Crippen molar-refractivity contribution < 1.29 is 13.9 Å². The summed E-state index contributed by atoms with van der Waals surface area (Å²) in [5.41, 5.74) is 1.66. The number of carbonyl (C=O) groups excluding carboxylic acids is 1. The highest BCUT2D eigenvalue weighted by atomic mass is 35.5. The molecule has 3 rings (SSSR count). The molecule has 0 radical (unpaired) electrons. The Labute approximate surface area is 145 Å². The Balaban J connectivity index is 1.62. The molecule has 0 fully saturated rings. The van der Waals surface area contributed by atoms with E-state index in [4.69, 9.17) is 20.8 Å². The molecule has 4 nitrogen and oxygen atoms in total. The zero-order valence-corrected chi connectivity index (χ0v) is 13.8. The van der Waals surface area contributed by atoms with Crippen molar-refractivity contribution in [2.75, 3.05) is 5.32 Å². The lowest BCUT2D eigenvalue weighted by Crippen LogP contribution is -2.10. The van der Waals surface area contributed by atoms with Gasteiger partial charge in [-0.3, -0.25) is 4.79 Å². The summed E-state index contributed by atoms with van der Waals surface area (Å²) in [5.74, 6) is 1.24. The predicted molar refractivity (Wildman–Crippen MR) is 93.6 cm³/mol. The standard InChI is InChI=1S/C19H16ClNO3/c1-13-11-14(20)7-9-17(13)23-12-16-8-10-18(24-16)19(22)21-15-5-3-2-4-6-15/h2-11H,12H2,1H3,(H,21,22). The molecule has 0 saturated carbocycles. The van der Waals surface area contributed by atoms with E-state index in [1.165, 1.54) is 0 Å². The van der Waals surface area contributed by atoms with Crippen molar-refractivity contribution in [2.45, 2.75) is 13.5 Å². The number of furan rings is 1. The summed E-state index contributed by atoms with van der Waals surface area (Å²) in [5, 5.41) is 3.44. The van der Waals surface area contributed by atoms with E-state index in [0.717, 1.165) is 11.3 Å². The number of anilines is 1. The second-order valence-electron chi connectivity index (χ2n) is 5.28. The van der Waals surface area contributed by atoms with Crippen molar-refractivity contribution in [1.29, 1.82) is 0 Å². The summed E-state index contributed by atoms with van der Waals surface area (Å²) in [6.07, 6.45) is 0. The smallest absolute Gasteiger partial charge is 0.291 e. The highest BCUT2D eigenvalue weighted by Gasteiger charge is 2.12. The van der Waals surface area contributed by atoms with Gasteiger partial charge in [0.1, 0.15) is 18.1 Å². The van der Waals surface area contributed by atoms with Crippen molar-refractivity contribution in [3.63, 3.8) is 0 Å². The van der Waals surface area contributed by atoms with E-state index in [9.17, 15) is 4.79 Å². The number of carbonyl (C=O) groups is 1. The molecule has 1 amide bonds. The second kappa shape index (κ2) is 7.23. The van der Waals surface area contributed by atoms with Gasteiger partial charge in [0.2, 0.25) is 0 Å². The van der Waals surface area contributed by atoms with Crippen LogP contribution in [0.5, 0.6) is 5.75 Å². The SMILES string of the molecule is Cc1cc(Cl)ccc1OCc1ccc(C(=O)Nc2ccccc2)o1. The first-order valence-electron chi connectivity index (χ1n) is 7.46. The summed E-state index contributed by atoms with van der Waals surface area (Å²) in [6, 6.07) is 18.0. The first-order chi connectivity index (χ1) is 11.6. The minimum Gasteiger partial charge on any atom is -0.485 e. The molecular formula is C19H16ClNO3. The molecule has 24 heavy (non-hydrogen) atoms. The number of para-hydroxylation sites is 1. The topological polar surface area (TPSA) is 51.5 Å².